The third-order valence-corrected chi connectivity index (χ3v) is 3.74. The first-order valence-corrected chi connectivity index (χ1v) is 7.15. The number of carbonyl (C=O) groups excluding carboxylic acids is 2. The molecule has 1 aromatic heterocycles. The number of hydrogen-bond donors (Lipinski definition) is 3. The lowest BCUT2D eigenvalue weighted by molar-refractivity contribution is -0.122. The fourth-order valence-corrected chi connectivity index (χ4v) is 2.36. The topological polar surface area (TPSA) is 70.2 Å². The SMILES string of the molecule is CNC(C)CNC(=O)CC(NC(C)=O)c1cccs1.Cl. The summed E-state index contributed by atoms with van der Waals surface area (Å²) < 4.78 is 0. The number of likely N-dealkylation sites (N-methyl/N-ethyl adjacent to an activating group) is 1. The predicted molar refractivity (Wildman–Crippen MR) is 84.3 cm³/mol. The Morgan fingerprint density at radius 1 is 1.40 bits per heavy atom. The lowest BCUT2D eigenvalue weighted by atomic mass is 10.1. The fourth-order valence-electron chi connectivity index (χ4n) is 1.58. The Kier molecular flexibility index (Phi) is 9.20. The minimum absolute atomic E-state index is 0. The van der Waals surface area contributed by atoms with Gasteiger partial charge in [-0.1, -0.05) is 6.07 Å². The molecule has 0 fully saturated rings. The second-order valence-corrected chi connectivity index (χ2v) is 5.45. The van der Waals surface area contributed by atoms with Crippen molar-refractivity contribution in [2.75, 3.05) is 13.6 Å². The minimum Gasteiger partial charge on any atom is -0.354 e. The van der Waals surface area contributed by atoms with Gasteiger partial charge in [0.2, 0.25) is 11.8 Å². The summed E-state index contributed by atoms with van der Waals surface area (Å²) >= 11 is 1.54. The molecule has 20 heavy (non-hydrogen) atoms. The molecular formula is C13H22ClN3O2S. The zero-order valence-corrected chi connectivity index (χ0v) is 13.6. The summed E-state index contributed by atoms with van der Waals surface area (Å²) in [6.07, 6.45) is 0.260. The van der Waals surface area contributed by atoms with Crippen LogP contribution >= 0.6 is 23.7 Å². The molecule has 0 aromatic carbocycles. The van der Waals surface area contributed by atoms with Gasteiger partial charge < -0.3 is 16.0 Å². The summed E-state index contributed by atoms with van der Waals surface area (Å²) in [7, 11) is 1.85. The van der Waals surface area contributed by atoms with Crippen molar-refractivity contribution < 1.29 is 9.59 Å². The molecule has 7 heteroatoms. The largest absolute Gasteiger partial charge is 0.354 e. The average Bonchev–Trinajstić information content (AvgIpc) is 2.88. The van der Waals surface area contributed by atoms with Gasteiger partial charge in [-0.3, -0.25) is 9.59 Å². The summed E-state index contributed by atoms with van der Waals surface area (Å²) in [6.45, 7) is 4.03. The van der Waals surface area contributed by atoms with Crippen molar-refractivity contribution in [1.29, 1.82) is 0 Å². The Morgan fingerprint density at radius 3 is 2.60 bits per heavy atom. The number of thiophene rings is 1. The second kappa shape index (κ2) is 9.74. The van der Waals surface area contributed by atoms with E-state index in [1.807, 2.05) is 31.5 Å². The van der Waals surface area contributed by atoms with Gasteiger partial charge in [-0.15, -0.1) is 23.7 Å². The minimum atomic E-state index is -0.248. The highest BCUT2D eigenvalue weighted by Crippen LogP contribution is 2.21. The van der Waals surface area contributed by atoms with Crippen molar-refractivity contribution in [2.24, 2.45) is 0 Å². The van der Waals surface area contributed by atoms with Gasteiger partial charge in [0.05, 0.1) is 12.5 Å². The quantitative estimate of drug-likeness (QED) is 0.712. The molecule has 0 saturated carbocycles. The fraction of sp³-hybridized carbons (Fsp3) is 0.538. The van der Waals surface area contributed by atoms with Crippen LogP contribution in [0.25, 0.3) is 0 Å². The zero-order valence-electron chi connectivity index (χ0n) is 11.9. The van der Waals surface area contributed by atoms with E-state index in [0.29, 0.717) is 6.54 Å². The zero-order chi connectivity index (χ0) is 14.3. The molecular weight excluding hydrogens is 298 g/mol. The van der Waals surface area contributed by atoms with Gasteiger partial charge in [-0.25, -0.2) is 0 Å². The molecule has 1 aromatic rings. The van der Waals surface area contributed by atoms with Crippen LogP contribution < -0.4 is 16.0 Å². The van der Waals surface area contributed by atoms with Gasteiger partial charge in [-0.2, -0.15) is 0 Å². The molecule has 5 nitrogen and oxygen atoms in total. The van der Waals surface area contributed by atoms with E-state index in [1.54, 1.807) is 0 Å². The maximum atomic E-state index is 11.9. The van der Waals surface area contributed by atoms with Gasteiger partial charge in [-0.05, 0) is 25.4 Å². The molecule has 114 valence electrons. The Labute approximate surface area is 129 Å². The highest BCUT2D eigenvalue weighted by atomic mass is 35.5. The van der Waals surface area contributed by atoms with Crippen molar-refractivity contribution in [1.82, 2.24) is 16.0 Å². The van der Waals surface area contributed by atoms with Gasteiger partial charge in [0.15, 0.2) is 0 Å². The normalized spacial score (nSPS) is 12.9. The second-order valence-electron chi connectivity index (χ2n) is 4.47. The van der Waals surface area contributed by atoms with Crippen molar-refractivity contribution in [2.45, 2.75) is 32.4 Å². The highest BCUT2D eigenvalue weighted by molar-refractivity contribution is 7.10. The van der Waals surface area contributed by atoms with E-state index in [-0.39, 0.29) is 42.7 Å². The van der Waals surface area contributed by atoms with E-state index in [2.05, 4.69) is 16.0 Å². The van der Waals surface area contributed by atoms with Gasteiger partial charge in [0.1, 0.15) is 0 Å². The third-order valence-electron chi connectivity index (χ3n) is 2.75. The number of halogens is 1. The van der Waals surface area contributed by atoms with Crippen molar-refractivity contribution in [3.05, 3.63) is 22.4 Å². The molecule has 0 spiro atoms. The molecule has 0 bridgehead atoms. The molecule has 2 atom stereocenters. The van der Waals surface area contributed by atoms with Crippen LogP contribution in [0.2, 0.25) is 0 Å². The molecule has 0 aliphatic rings. The first kappa shape index (κ1) is 18.9. The molecule has 2 unspecified atom stereocenters. The van der Waals surface area contributed by atoms with Crippen LogP contribution in [0.1, 0.15) is 31.2 Å². The summed E-state index contributed by atoms with van der Waals surface area (Å²) in [6, 6.07) is 3.82. The molecule has 0 saturated heterocycles. The molecule has 0 aliphatic carbocycles. The van der Waals surface area contributed by atoms with Crippen LogP contribution in [-0.4, -0.2) is 31.4 Å². The third kappa shape index (κ3) is 6.88. The smallest absolute Gasteiger partial charge is 0.222 e. The number of carbonyl (C=O) groups is 2. The number of amides is 2. The highest BCUT2D eigenvalue weighted by Gasteiger charge is 2.18. The lowest BCUT2D eigenvalue weighted by Crippen LogP contribution is -2.39. The Morgan fingerprint density at radius 2 is 2.10 bits per heavy atom. The Hall–Kier alpha value is -1.11. The van der Waals surface area contributed by atoms with Gasteiger partial charge >= 0.3 is 0 Å². The van der Waals surface area contributed by atoms with Crippen LogP contribution in [0, 0.1) is 0 Å². The van der Waals surface area contributed by atoms with Crippen molar-refractivity contribution in [3.63, 3.8) is 0 Å². The summed E-state index contributed by atoms with van der Waals surface area (Å²) in [5, 5.41) is 10.6. The van der Waals surface area contributed by atoms with Crippen LogP contribution in [0.5, 0.6) is 0 Å². The van der Waals surface area contributed by atoms with E-state index in [4.69, 9.17) is 0 Å². The molecule has 2 amide bonds. The van der Waals surface area contributed by atoms with E-state index in [0.717, 1.165) is 4.88 Å². The maximum absolute atomic E-state index is 11.9. The van der Waals surface area contributed by atoms with Crippen molar-refractivity contribution in [3.8, 4) is 0 Å². The van der Waals surface area contributed by atoms with E-state index < -0.39 is 0 Å². The monoisotopic (exact) mass is 319 g/mol. The Balaban J connectivity index is 0.00000361. The van der Waals surface area contributed by atoms with Crippen LogP contribution in [0.3, 0.4) is 0 Å². The van der Waals surface area contributed by atoms with Crippen LogP contribution in [0.4, 0.5) is 0 Å². The maximum Gasteiger partial charge on any atom is 0.222 e. The van der Waals surface area contributed by atoms with E-state index in [9.17, 15) is 9.59 Å². The standard InChI is InChI=1S/C13H21N3O2S.ClH/c1-9(14-3)8-15-13(18)7-11(16-10(2)17)12-5-4-6-19-12;/h4-6,9,11,14H,7-8H2,1-3H3,(H,15,18)(H,16,17);1H. The summed E-state index contributed by atoms with van der Waals surface area (Å²) in [5.74, 6) is -0.191. The Bertz CT molecular complexity index is 412. The van der Waals surface area contributed by atoms with E-state index >= 15 is 0 Å². The summed E-state index contributed by atoms with van der Waals surface area (Å²) in [5.41, 5.74) is 0. The van der Waals surface area contributed by atoms with Crippen LogP contribution in [-0.2, 0) is 9.59 Å². The first-order valence-electron chi connectivity index (χ1n) is 6.27. The predicted octanol–water partition coefficient (Wildman–Crippen LogP) is 1.46. The first-order chi connectivity index (χ1) is 9.02. The number of rotatable bonds is 7. The van der Waals surface area contributed by atoms with E-state index in [1.165, 1.54) is 18.3 Å². The molecule has 0 radical (unpaired) electrons. The molecule has 1 rings (SSSR count). The molecule has 3 N–H and O–H groups in total. The average molecular weight is 320 g/mol. The molecule has 1 heterocycles. The number of nitrogens with one attached hydrogen (secondary N) is 3. The van der Waals surface area contributed by atoms with Crippen LogP contribution in [0.15, 0.2) is 17.5 Å². The summed E-state index contributed by atoms with van der Waals surface area (Å²) in [4.78, 5) is 24.1. The van der Waals surface area contributed by atoms with Gasteiger partial charge in [0.25, 0.3) is 0 Å². The lowest BCUT2D eigenvalue weighted by Gasteiger charge is -2.17. The number of hydrogen-bond acceptors (Lipinski definition) is 4. The van der Waals surface area contributed by atoms with Gasteiger partial charge in [0, 0.05) is 24.4 Å². The van der Waals surface area contributed by atoms with Crippen molar-refractivity contribution >= 4 is 35.6 Å². The molecule has 0 aliphatic heterocycles.